The number of nitrogens with zero attached hydrogens (tertiary/aromatic N) is 6. The topological polar surface area (TPSA) is 81.8 Å². The molecule has 0 radical (unpaired) electrons. The number of carbonyl (C=O) groups excluding carboxylic acids is 1. The fraction of sp³-hybridized carbons (Fsp3) is 0.706. The number of anilines is 3. The molecule has 0 aliphatic carbocycles. The van der Waals surface area contributed by atoms with E-state index >= 15 is 0 Å². The van der Waals surface area contributed by atoms with E-state index in [4.69, 9.17) is 5.73 Å². The number of fused-ring (bicyclic) bond motifs is 1. The predicted octanol–water partition coefficient (Wildman–Crippen LogP) is -0.132. The predicted molar refractivity (Wildman–Crippen MR) is 97.6 cm³/mol. The zero-order valence-electron chi connectivity index (χ0n) is 15.1. The molecule has 0 bridgehead atoms. The van der Waals surface area contributed by atoms with Crippen molar-refractivity contribution in [3.05, 3.63) is 6.07 Å². The van der Waals surface area contributed by atoms with Crippen molar-refractivity contribution in [2.45, 2.75) is 18.9 Å². The van der Waals surface area contributed by atoms with Gasteiger partial charge < -0.3 is 25.3 Å². The average molecular weight is 345 g/mol. The third-order valence-electron chi connectivity index (χ3n) is 5.89. The van der Waals surface area contributed by atoms with Crippen molar-refractivity contribution in [2.75, 3.05) is 68.9 Å². The number of hydrogen-bond donors (Lipinski definition) is 1. The number of likely N-dealkylation sites (tertiary alicyclic amines) is 1. The molecule has 3 fully saturated rings. The summed E-state index contributed by atoms with van der Waals surface area (Å²) in [6.07, 6.45) is 1.63. The number of aromatic nitrogens is 2. The summed E-state index contributed by atoms with van der Waals surface area (Å²) < 4.78 is 0. The van der Waals surface area contributed by atoms with Gasteiger partial charge in [0.15, 0.2) is 0 Å². The van der Waals surface area contributed by atoms with Crippen LogP contribution in [0.2, 0.25) is 0 Å². The molecule has 0 unspecified atom stereocenters. The van der Waals surface area contributed by atoms with Gasteiger partial charge in [-0.15, -0.1) is 0 Å². The standard InChI is InChI=1S/C17H27N7O/c1-21-5-7-23(8-6-21)14-10-15(20-17(18)19-14)24-4-3-13-12(11-24)9-16(25)22(13)2/h10,12-13H,3-9,11H2,1-2H3,(H2,18,19,20)/t12-,13+/m1/s1. The Bertz CT molecular complexity index is 658. The number of nitrogen functional groups attached to an aromatic ring is 1. The highest BCUT2D eigenvalue weighted by molar-refractivity contribution is 5.79. The van der Waals surface area contributed by atoms with Crippen LogP contribution in [0.25, 0.3) is 0 Å². The van der Waals surface area contributed by atoms with Gasteiger partial charge in [0.25, 0.3) is 0 Å². The number of piperazine rings is 1. The lowest BCUT2D eigenvalue weighted by molar-refractivity contribution is -0.127. The minimum atomic E-state index is 0.261. The van der Waals surface area contributed by atoms with Crippen LogP contribution in [0.1, 0.15) is 12.8 Å². The molecule has 136 valence electrons. The van der Waals surface area contributed by atoms with Gasteiger partial charge in [0, 0.05) is 70.8 Å². The van der Waals surface area contributed by atoms with Gasteiger partial charge in [0.1, 0.15) is 11.6 Å². The van der Waals surface area contributed by atoms with E-state index < -0.39 is 0 Å². The van der Waals surface area contributed by atoms with E-state index in [0.29, 0.717) is 24.3 Å². The van der Waals surface area contributed by atoms with Crippen molar-refractivity contribution < 1.29 is 4.79 Å². The SMILES string of the molecule is CN1CCN(c2cc(N3CC[C@H]4[C@H](CC(=O)N4C)C3)nc(N)n2)CC1. The van der Waals surface area contributed by atoms with Crippen molar-refractivity contribution >= 4 is 23.5 Å². The van der Waals surface area contributed by atoms with Crippen LogP contribution in [0.15, 0.2) is 6.07 Å². The van der Waals surface area contributed by atoms with E-state index in [9.17, 15) is 4.79 Å². The average Bonchev–Trinajstić information content (AvgIpc) is 2.89. The minimum absolute atomic E-state index is 0.261. The summed E-state index contributed by atoms with van der Waals surface area (Å²) in [6, 6.07) is 2.43. The van der Waals surface area contributed by atoms with Crippen LogP contribution < -0.4 is 15.5 Å². The summed E-state index contributed by atoms with van der Waals surface area (Å²) in [5.74, 6) is 2.78. The molecule has 4 heterocycles. The van der Waals surface area contributed by atoms with E-state index in [2.05, 4.69) is 37.8 Å². The van der Waals surface area contributed by atoms with Crippen LogP contribution in [0, 0.1) is 5.92 Å². The van der Waals surface area contributed by atoms with Crippen molar-refractivity contribution in [1.29, 1.82) is 0 Å². The maximum Gasteiger partial charge on any atom is 0.223 e. The second-order valence-corrected chi connectivity index (χ2v) is 7.50. The monoisotopic (exact) mass is 345 g/mol. The molecule has 1 aromatic rings. The van der Waals surface area contributed by atoms with Gasteiger partial charge in [-0.2, -0.15) is 9.97 Å². The summed E-state index contributed by atoms with van der Waals surface area (Å²) in [4.78, 5) is 29.7. The molecular weight excluding hydrogens is 318 g/mol. The normalized spacial score (nSPS) is 27.8. The first kappa shape index (κ1) is 16.4. The quantitative estimate of drug-likeness (QED) is 0.799. The first-order valence-corrected chi connectivity index (χ1v) is 9.10. The van der Waals surface area contributed by atoms with E-state index in [1.807, 2.05) is 11.9 Å². The molecule has 3 aliphatic rings. The summed E-state index contributed by atoms with van der Waals surface area (Å²) >= 11 is 0. The molecule has 0 saturated carbocycles. The second kappa shape index (κ2) is 6.33. The Kier molecular flexibility index (Phi) is 4.15. The number of hydrogen-bond acceptors (Lipinski definition) is 7. The highest BCUT2D eigenvalue weighted by atomic mass is 16.2. The number of likely N-dealkylation sites (N-methyl/N-ethyl adjacent to an activating group) is 1. The molecule has 3 saturated heterocycles. The Balaban J connectivity index is 1.52. The van der Waals surface area contributed by atoms with Gasteiger partial charge in [-0.3, -0.25) is 4.79 Å². The zero-order chi connectivity index (χ0) is 17.6. The zero-order valence-corrected chi connectivity index (χ0v) is 15.1. The Labute approximate surface area is 148 Å². The molecule has 1 aromatic heterocycles. The van der Waals surface area contributed by atoms with E-state index in [-0.39, 0.29) is 5.91 Å². The Hall–Kier alpha value is -2.09. The summed E-state index contributed by atoms with van der Waals surface area (Å²) in [7, 11) is 4.07. The number of amides is 1. The fourth-order valence-electron chi connectivity index (χ4n) is 4.29. The van der Waals surface area contributed by atoms with Crippen molar-refractivity contribution in [2.24, 2.45) is 5.92 Å². The minimum Gasteiger partial charge on any atom is -0.368 e. The lowest BCUT2D eigenvalue weighted by Gasteiger charge is -2.38. The lowest BCUT2D eigenvalue weighted by Crippen LogP contribution is -2.46. The third kappa shape index (κ3) is 3.10. The Morgan fingerprint density at radius 3 is 2.44 bits per heavy atom. The fourth-order valence-corrected chi connectivity index (χ4v) is 4.29. The van der Waals surface area contributed by atoms with E-state index in [1.165, 1.54) is 0 Å². The molecule has 0 aromatic carbocycles. The lowest BCUT2D eigenvalue weighted by atomic mass is 9.93. The van der Waals surface area contributed by atoms with E-state index in [1.54, 1.807) is 0 Å². The maximum absolute atomic E-state index is 12.0. The van der Waals surface area contributed by atoms with Gasteiger partial charge in [-0.05, 0) is 13.5 Å². The van der Waals surface area contributed by atoms with Gasteiger partial charge in [-0.25, -0.2) is 0 Å². The highest BCUT2D eigenvalue weighted by Gasteiger charge is 2.41. The van der Waals surface area contributed by atoms with Gasteiger partial charge in [-0.1, -0.05) is 0 Å². The molecular formula is C17H27N7O. The number of nitrogens with two attached hydrogens (primary N) is 1. The van der Waals surface area contributed by atoms with Crippen molar-refractivity contribution in [3.8, 4) is 0 Å². The Morgan fingerprint density at radius 1 is 1.04 bits per heavy atom. The number of carbonyl (C=O) groups is 1. The largest absolute Gasteiger partial charge is 0.368 e. The molecule has 8 heteroatoms. The van der Waals surface area contributed by atoms with Gasteiger partial charge in [0.2, 0.25) is 11.9 Å². The second-order valence-electron chi connectivity index (χ2n) is 7.50. The van der Waals surface area contributed by atoms with E-state index in [0.717, 1.165) is 57.3 Å². The Morgan fingerprint density at radius 2 is 1.72 bits per heavy atom. The molecule has 1 amide bonds. The van der Waals surface area contributed by atoms with Crippen LogP contribution in [0.3, 0.4) is 0 Å². The first-order chi connectivity index (χ1) is 12.0. The van der Waals surface area contributed by atoms with Crippen LogP contribution in [0.4, 0.5) is 17.6 Å². The van der Waals surface area contributed by atoms with Crippen LogP contribution in [-0.2, 0) is 4.79 Å². The smallest absolute Gasteiger partial charge is 0.223 e. The highest BCUT2D eigenvalue weighted by Crippen LogP contribution is 2.33. The van der Waals surface area contributed by atoms with Crippen LogP contribution in [0.5, 0.6) is 0 Å². The molecule has 8 nitrogen and oxygen atoms in total. The van der Waals surface area contributed by atoms with Gasteiger partial charge in [0.05, 0.1) is 0 Å². The van der Waals surface area contributed by atoms with Crippen molar-refractivity contribution in [3.63, 3.8) is 0 Å². The number of piperidine rings is 1. The molecule has 2 atom stereocenters. The summed E-state index contributed by atoms with van der Waals surface area (Å²) in [5, 5.41) is 0. The molecule has 0 spiro atoms. The van der Waals surface area contributed by atoms with Crippen molar-refractivity contribution in [1.82, 2.24) is 19.8 Å². The molecule has 3 aliphatic heterocycles. The number of rotatable bonds is 2. The van der Waals surface area contributed by atoms with Gasteiger partial charge >= 0.3 is 0 Å². The molecule has 2 N–H and O–H groups in total. The summed E-state index contributed by atoms with van der Waals surface area (Å²) in [6.45, 7) is 5.73. The molecule has 25 heavy (non-hydrogen) atoms. The van der Waals surface area contributed by atoms with Crippen LogP contribution in [-0.4, -0.2) is 85.1 Å². The maximum atomic E-state index is 12.0. The first-order valence-electron chi connectivity index (χ1n) is 9.10. The summed E-state index contributed by atoms with van der Waals surface area (Å²) in [5.41, 5.74) is 6.00. The third-order valence-corrected chi connectivity index (χ3v) is 5.89. The van der Waals surface area contributed by atoms with Crippen LogP contribution >= 0.6 is 0 Å². The molecule has 4 rings (SSSR count).